The van der Waals surface area contributed by atoms with E-state index in [4.69, 9.17) is 9.72 Å². The smallest absolute Gasteiger partial charge is 0.128 e. The molecule has 2 aromatic carbocycles. The Morgan fingerprint density at radius 1 is 1.00 bits per heavy atom. The molecule has 3 aromatic rings. The summed E-state index contributed by atoms with van der Waals surface area (Å²) in [4.78, 5) is 7.68. The third-order valence-electron chi connectivity index (χ3n) is 6.65. The van der Waals surface area contributed by atoms with Gasteiger partial charge in [0.05, 0.1) is 18.0 Å². The van der Waals surface area contributed by atoms with Gasteiger partial charge in [-0.15, -0.1) is 12.8 Å². The molecule has 4 nitrogen and oxygen atoms in total. The second-order valence-electron chi connectivity index (χ2n) is 9.06. The van der Waals surface area contributed by atoms with Crippen molar-refractivity contribution in [3.05, 3.63) is 95.7 Å². The van der Waals surface area contributed by atoms with E-state index in [9.17, 15) is 0 Å². The lowest BCUT2D eigenvalue weighted by Gasteiger charge is -2.30. The van der Waals surface area contributed by atoms with Gasteiger partial charge in [-0.05, 0) is 69.1 Å². The molecule has 0 amide bonds. The van der Waals surface area contributed by atoms with Crippen molar-refractivity contribution in [1.29, 1.82) is 0 Å². The molecule has 1 fully saturated rings. The summed E-state index contributed by atoms with van der Waals surface area (Å²) in [5.41, 5.74) is 7.13. The topological polar surface area (TPSA) is 37.4 Å². The molecule has 0 radical (unpaired) electrons. The normalized spacial score (nSPS) is 15.6. The fourth-order valence-corrected chi connectivity index (χ4v) is 4.93. The van der Waals surface area contributed by atoms with Crippen LogP contribution in [0.3, 0.4) is 0 Å². The molecule has 0 bridgehead atoms. The van der Waals surface area contributed by atoms with Gasteiger partial charge in [0.25, 0.3) is 0 Å². The summed E-state index contributed by atoms with van der Waals surface area (Å²) in [7, 11) is 1.99. The number of nitrogens with zero attached hydrogens (tertiary/aromatic N) is 2. The van der Waals surface area contributed by atoms with Crippen LogP contribution in [0.25, 0.3) is 11.3 Å². The molecule has 1 aliphatic rings. The number of hydrogen-bond acceptors (Lipinski definition) is 4. The number of terminal acetylenes is 1. The summed E-state index contributed by atoms with van der Waals surface area (Å²) in [6, 6.07) is 23.4. The molecular weight excluding hydrogens is 466 g/mol. The Morgan fingerprint density at radius 3 is 2.42 bits per heavy atom. The molecule has 0 spiro atoms. The molecule has 0 aliphatic carbocycles. The van der Waals surface area contributed by atoms with Crippen LogP contribution >= 0.6 is 0 Å². The minimum Gasteiger partial charge on any atom is -0.493 e. The van der Waals surface area contributed by atoms with E-state index >= 15 is 0 Å². The Kier molecular flexibility index (Phi) is 13.9. The quantitative estimate of drug-likeness (QED) is 0.251. The Balaban J connectivity index is 0.00000121. The van der Waals surface area contributed by atoms with Crippen molar-refractivity contribution in [2.75, 3.05) is 26.7 Å². The summed E-state index contributed by atoms with van der Waals surface area (Å²) in [6.45, 7) is 15.1. The summed E-state index contributed by atoms with van der Waals surface area (Å²) >= 11 is 0. The number of para-hydroxylation sites is 1. The minimum absolute atomic E-state index is 0.353. The van der Waals surface area contributed by atoms with Crippen LogP contribution in [0.5, 0.6) is 5.75 Å². The summed E-state index contributed by atoms with van der Waals surface area (Å²) in [5, 5.41) is 3.33. The zero-order valence-electron chi connectivity index (χ0n) is 23.7. The molecule has 1 atom stereocenters. The van der Waals surface area contributed by atoms with E-state index in [1.165, 1.54) is 16.7 Å². The van der Waals surface area contributed by atoms with Gasteiger partial charge in [-0.1, -0.05) is 74.5 Å². The Bertz CT molecular complexity index is 1120. The van der Waals surface area contributed by atoms with Crippen LogP contribution < -0.4 is 10.1 Å². The van der Waals surface area contributed by atoms with Gasteiger partial charge in [0.1, 0.15) is 5.75 Å². The van der Waals surface area contributed by atoms with Gasteiger partial charge in [-0.3, -0.25) is 9.88 Å². The number of hydrogen-bond donors (Lipinski definition) is 1. The van der Waals surface area contributed by atoms with Crippen molar-refractivity contribution in [2.45, 2.75) is 59.0 Å². The maximum atomic E-state index is 5.86. The van der Waals surface area contributed by atoms with E-state index in [-0.39, 0.29) is 0 Å². The van der Waals surface area contributed by atoms with E-state index in [0.717, 1.165) is 68.1 Å². The van der Waals surface area contributed by atoms with E-state index in [0.29, 0.717) is 12.5 Å². The van der Waals surface area contributed by atoms with Gasteiger partial charge in [-0.25, -0.2) is 0 Å². The zero-order valence-corrected chi connectivity index (χ0v) is 23.7. The van der Waals surface area contributed by atoms with Crippen LogP contribution in [-0.2, 0) is 13.1 Å². The zero-order chi connectivity index (χ0) is 27.8. The molecule has 1 aliphatic heterocycles. The first-order chi connectivity index (χ1) is 18.7. The highest BCUT2D eigenvalue weighted by molar-refractivity contribution is 5.67. The second kappa shape index (κ2) is 17.2. The highest BCUT2D eigenvalue weighted by Gasteiger charge is 2.23. The van der Waals surface area contributed by atoms with Gasteiger partial charge in [0, 0.05) is 31.1 Å². The Labute approximate surface area is 231 Å². The van der Waals surface area contributed by atoms with E-state index in [2.05, 4.69) is 78.2 Å². The average Bonchev–Trinajstić information content (AvgIpc) is 2.96. The predicted molar refractivity (Wildman–Crippen MR) is 162 cm³/mol. The maximum absolute atomic E-state index is 5.86. The first-order valence-corrected chi connectivity index (χ1v) is 13.8. The second-order valence-corrected chi connectivity index (χ2v) is 9.06. The molecule has 1 N–H and O–H groups in total. The van der Waals surface area contributed by atoms with Crippen LogP contribution in [0.2, 0.25) is 0 Å². The Hall–Kier alpha value is -3.39. The lowest BCUT2D eigenvalue weighted by molar-refractivity contribution is 0.249. The van der Waals surface area contributed by atoms with Gasteiger partial charge in [0.2, 0.25) is 0 Å². The lowest BCUT2D eigenvalue weighted by atomic mass is 9.84. The third kappa shape index (κ3) is 8.58. The average molecular weight is 512 g/mol. The van der Waals surface area contributed by atoms with Crippen LogP contribution in [0.1, 0.15) is 62.8 Å². The SMILES string of the molecule is C#C.C=C1CCN(Cc2ccccc2)CCCC1c1ccc(-c2ccccc2OCC)nc1CNC.CC. The van der Waals surface area contributed by atoms with Gasteiger partial charge in [-0.2, -0.15) is 0 Å². The lowest BCUT2D eigenvalue weighted by Crippen LogP contribution is -2.29. The van der Waals surface area contributed by atoms with Crippen molar-refractivity contribution >= 4 is 0 Å². The fraction of sp³-hybridized carbons (Fsp3) is 0.382. The molecule has 0 saturated carbocycles. The van der Waals surface area contributed by atoms with Crippen molar-refractivity contribution < 1.29 is 4.74 Å². The highest BCUT2D eigenvalue weighted by Crippen LogP contribution is 2.36. The molecule has 4 heteroatoms. The molecular formula is C34H45N3O. The molecule has 1 saturated heterocycles. The number of nitrogens with one attached hydrogen (secondary N) is 1. The van der Waals surface area contributed by atoms with Gasteiger partial charge >= 0.3 is 0 Å². The van der Waals surface area contributed by atoms with Crippen LogP contribution in [-0.4, -0.2) is 36.6 Å². The Morgan fingerprint density at radius 2 is 1.71 bits per heavy atom. The van der Waals surface area contributed by atoms with E-state index in [1.807, 2.05) is 46.0 Å². The number of likely N-dealkylation sites (tertiary alicyclic amines) is 1. The molecule has 38 heavy (non-hydrogen) atoms. The molecule has 1 aromatic heterocycles. The molecule has 4 rings (SSSR count). The number of aromatic nitrogens is 1. The maximum Gasteiger partial charge on any atom is 0.128 e. The third-order valence-corrected chi connectivity index (χ3v) is 6.65. The van der Waals surface area contributed by atoms with Gasteiger partial charge in [0.15, 0.2) is 0 Å². The highest BCUT2D eigenvalue weighted by atomic mass is 16.5. The largest absolute Gasteiger partial charge is 0.493 e. The summed E-state index contributed by atoms with van der Waals surface area (Å²) < 4.78 is 5.86. The van der Waals surface area contributed by atoms with Crippen molar-refractivity contribution in [1.82, 2.24) is 15.2 Å². The molecule has 202 valence electrons. The summed E-state index contributed by atoms with van der Waals surface area (Å²) in [6.07, 6.45) is 11.3. The number of benzene rings is 2. The predicted octanol–water partition coefficient (Wildman–Crippen LogP) is 7.47. The van der Waals surface area contributed by atoms with Crippen molar-refractivity contribution in [2.24, 2.45) is 0 Å². The molecule has 2 heterocycles. The monoisotopic (exact) mass is 511 g/mol. The van der Waals surface area contributed by atoms with Crippen molar-refractivity contribution in [3.8, 4) is 29.9 Å². The first-order valence-electron chi connectivity index (χ1n) is 13.8. The number of rotatable bonds is 8. The van der Waals surface area contributed by atoms with Crippen LogP contribution in [0.4, 0.5) is 0 Å². The minimum atomic E-state index is 0.353. The van der Waals surface area contributed by atoms with Crippen LogP contribution in [0, 0.1) is 12.8 Å². The first kappa shape index (κ1) is 30.8. The van der Waals surface area contributed by atoms with E-state index < -0.39 is 0 Å². The standard InChI is InChI=1S/C30H37N3O.C2H6.C2H2/c1-4-34-30-15-9-8-13-27(30)28-17-16-26(29(32-28)21-31-3)25-14-10-19-33(20-18-23(25)2)22-24-11-6-5-7-12-24;2*1-2/h5-9,11-13,15-17,25,31H,2,4,10,14,18-22H2,1,3H3;1-2H3;1-2H. The number of pyridine rings is 1. The van der Waals surface area contributed by atoms with Crippen molar-refractivity contribution in [3.63, 3.8) is 0 Å². The molecule has 1 unspecified atom stereocenters. The fourth-order valence-electron chi connectivity index (χ4n) is 4.93. The van der Waals surface area contributed by atoms with Crippen LogP contribution in [0.15, 0.2) is 78.9 Å². The summed E-state index contributed by atoms with van der Waals surface area (Å²) in [5.74, 6) is 1.24. The van der Waals surface area contributed by atoms with E-state index in [1.54, 1.807) is 0 Å². The van der Waals surface area contributed by atoms with Gasteiger partial charge < -0.3 is 10.1 Å². The number of ether oxygens (including phenoxy) is 1.